The first-order valence-corrected chi connectivity index (χ1v) is 15.6. The Kier molecular flexibility index (Phi) is 24.1. The fourth-order valence-electron chi connectivity index (χ4n) is 4.72. The Bertz CT molecular complexity index is 639. The second-order valence-corrected chi connectivity index (χ2v) is 10.0. The molecule has 42 heavy (non-hydrogen) atoms. The number of ether oxygens (including phenoxy) is 9. The zero-order chi connectivity index (χ0) is 29.8. The summed E-state index contributed by atoms with van der Waals surface area (Å²) in [5, 5.41) is 11.6. The van der Waals surface area contributed by atoms with Crippen molar-refractivity contribution in [3.63, 3.8) is 0 Å². The molecule has 12 nitrogen and oxygen atoms in total. The number of fused-ring (bicyclic) bond motifs is 1. The van der Waals surface area contributed by atoms with Crippen LogP contribution in [0.15, 0.2) is 12.2 Å². The minimum absolute atomic E-state index is 0.0259. The summed E-state index contributed by atoms with van der Waals surface area (Å²) in [4.78, 5) is 12.4. The van der Waals surface area contributed by atoms with Crippen molar-refractivity contribution in [2.75, 3.05) is 132 Å². The van der Waals surface area contributed by atoms with Gasteiger partial charge in [-0.15, -0.1) is 0 Å². The Hall–Kier alpha value is -1.19. The second-order valence-electron chi connectivity index (χ2n) is 10.0. The van der Waals surface area contributed by atoms with Gasteiger partial charge in [-0.05, 0) is 37.5 Å². The number of aliphatic hydroxyl groups excluding tert-OH is 1. The number of amides is 1. The molecule has 0 bridgehead atoms. The average Bonchev–Trinajstić information content (AvgIpc) is 3.66. The predicted octanol–water partition coefficient (Wildman–Crippen LogP) is 1.24. The van der Waals surface area contributed by atoms with E-state index in [1.165, 1.54) is 0 Å². The lowest BCUT2D eigenvalue weighted by Crippen LogP contribution is -2.30. The smallest absolute Gasteiger partial charge is 0.223 e. The summed E-state index contributed by atoms with van der Waals surface area (Å²) in [6, 6.07) is 0. The van der Waals surface area contributed by atoms with E-state index in [1.807, 2.05) is 0 Å². The maximum Gasteiger partial charge on any atom is 0.223 e. The van der Waals surface area contributed by atoms with Crippen LogP contribution in [-0.4, -0.2) is 143 Å². The summed E-state index contributed by atoms with van der Waals surface area (Å²) in [6.07, 6.45) is 8.97. The molecular weight excluding hydrogens is 550 g/mol. The molecule has 12 heteroatoms. The maximum absolute atomic E-state index is 12.4. The highest BCUT2D eigenvalue weighted by atomic mass is 16.6. The highest BCUT2D eigenvalue weighted by Crippen LogP contribution is 2.52. The molecule has 0 radical (unpaired) electrons. The lowest BCUT2D eigenvalue weighted by molar-refractivity contribution is -0.123. The molecule has 0 saturated heterocycles. The van der Waals surface area contributed by atoms with Crippen LogP contribution >= 0.6 is 0 Å². The lowest BCUT2D eigenvalue weighted by Gasteiger charge is -2.09. The van der Waals surface area contributed by atoms with E-state index < -0.39 is 0 Å². The first-order valence-electron chi connectivity index (χ1n) is 15.6. The summed E-state index contributed by atoms with van der Waals surface area (Å²) in [5.74, 6) is 1.56. The standard InChI is InChI=1S/C30H55NO11/c32-8-10-35-12-14-37-16-18-39-20-22-41-24-26-42-25-23-40-21-19-38-17-15-36-13-11-34-9-7-31-30(33)29-27-5-3-1-2-4-6-28(27)29/h1-2,27-29,32H,3-26H2,(H,31,33)/b2-1+/t27-,28+,29-. The summed E-state index contributed by atoms with van der Waals surface area (Å²) < 4.78 is 48.7. The van der Waals surface area contributed by atoms with Gasteiger partial charge in [-0.3, -0.25) is 4.79 Å². The van der Waals surface area contributed by atoms with E-state index in [-0.39, 0.29) is 18.4 Å². The van der Waals surface area contributed by atoms with Gasteiger partial charge in [0.1, 0.15) is 0 Å². The molecule has 3 atom stereocenters. The molecule has 2 rings (SSSR count). The Labute approximate surface area is 251 Å². The second kappa shape index (κ2) is 27.4. The number of allylic oxidation sites excluding steroid dienone is 2. The molecular formula is C30H55NO11. The molecule has 0 aromatic rings. The van der Waals surface area contributed by atoms with Crippen LogP contribution < -0.4 is 5.32 Å². The van der Waals surface area contributed by atoms with E-state index in [0.717, 1.165) is 25.7 Å². The van der Waals surface area contributed by atoms with Crippen LogP contribution in [0.25, 0.3) is 0 Å². The van der Waals surface area contributed by atoms with Gasteiger partial charge >= 0.3 is 0 Å². The normalized spacial score (nSPS) is 20.5. The molecule has 0 unspecified atom stereocenters. The van der Waals surface area contributed by atoms with Gasteiger partial charge in [-0.2, -0.15) is 0 Å². The molecule has 2 aliphatic rings. The van der Waals surface area contributed by atoms with E-state index in [2.05, 4.69) is 17.5 Å². The van der Waals surface area contributed by atoms with Gasteiger partial charge in [0.05, 0.1) is 126 Å². The predicted molar refractivity (Wildman–Crippen MR) is 156 cm³/mol. The Balaban J connectivity index is 1.18. The summed E-state index contributed by atoms with van der Waals surface area (Å²) in [6.45, 7) is 9.43. The van der Waals surface area contributed by atoms with Crippen LogP contribution in [-0.2, 0) is 47.4 Å². The van der Waals surface area contributed by atoms with Crippen molar-refractivity contribution in [3.05, 3.63) is 12.2 Å². The minimum Gasteiger partial charge on any atom is -0.394 e. The van der Waals surface area contributed by atoms with E-state index >= 15 is 0 Å². The van der Waals surface area contributed by atoms with E-state index in [0.29, 0.717) is 137 Å². The first kappa shape index (κ1) is 37.0. The van der Waals surface area contributed by atoms with Crippen molar-refractivity contribution in [1.82, 2.24) is 5.32 Å². The third-order valence-corrected chi connectivity index (χ3v) is 6.89. The molecule has 0 aromatic heterocycles. The first-order chi connectivity index (χ1) is 20.8. The van der Waals surface area contributed by atoms with Crippen molar-refractivity contribution in [2.45, 2.75) is 25.7 Å². The van der Waals surface area contributed by atoms with Crippen molar-refractivity contribution in [1.29, 1.82) is 0 Å². The topological polar surface area (TPSA) is 132 Å². The third-order valence-electron chi connectivity index (χ3n) is 6.89. The monoisotopic (exact) mass is 605 g/mol. The molecule has 1 amide bonds. The fourth-order valence-corrected chi connectivity index (χ4v) is 4.72. The zero-order valence-electron chi connectivity index (χ0n) is 25.4. The molecule has 246 valence electrons. The number of hydrogen-bond donors (Lipinski definition) is 2. The van der Waals surface area contributed by atoms with Gasteiger partial charge in [0.15, 0.2) is 0 Å². The Morgan fingerprint density at radius 1 is 0.524 bits per heavy atom. The van der Waals surface area contributed by atoms with Crippen molar-refractivity contribution in [2.24, 2.45) is 17.8 Å². The van der Waals surface area contributed by atoms with Crippen molar-refractivity contribution < 1.29 is 52.5 Å². The number of rotatable bonds is 30. The van der Waals surface area contributed by atoms with Crippen LogP contribution in [0, 0.1) is 17.8 Å². The van der Waals surface area contributed by atoms with E-state index in [9.17, 15) is 4.79 Å². The van der Waals surface area contributed by atoms with E-state index in [4.69, 9.17) is 47.7 Å². The molecule has 1 fully saturated rings. The van der Waals surface area contributed by atoms with Crippen LogP contribution in [0.2, 0.25) is 0 Å². The van der Waals surface area contributed by atoms with E-state index in [1.54, 1.807) is 0 Å². The highest BCUT2D eigenvalue weighted by Gasteiger charge is 2.52. The molecule has 0 aliphatic heterocycles. The zero-order valence-corrected chi connectivity index (χ0v) is 25.4. The minimum atomic E-state index is 0.0259. The number of carbonyl (C=O) groups is 1. The SMILES string of the molecule is O=C(NCCOCCOCCOCCOCCOCCOCCOCCOCCOCCO)[C@@H]1[C@@H]2CC/C=C/CC[C@@H]21. The quantitative estimate of drug-likeness (QED) is 0.0905. The maximum atomic E-state index is 12.4. The Morgan fingerprint density at radius 3 is 1.17 bits per heavy atom. The van der Waals surface area contributed by atoms with Gasteiger partial charge in [0.2, 0.25) is 5.91 Å². The van der Waals surface area contributed by atoms with Crippen LogP contribution in [0.5, 0.6) is 0 Å². The van der Waals surface area contributed by atoms with Crippen LogP contribution in [0.3, 0.4) is 0 Å². The third kappa shape index (κ3) is 19.9. The van der Waals surface area contributed by atoms with Crippen molar-refractivity contribution in [3.8, 4) is 0 Å². The average molecular weight is 606 g/mol. The summed E-state index contributed by atoms with van der Waals surface area (Å²) >= 11 is 0. The number of carbonyl (C=O) groups excluding carboxylic acids is 1. The van der Waals surface area contributed by atoms with Gasteiger partial charge in [-0.1, -0.05) is 12.2 Å². The number of nitrogens with one attached hydrogen (secondary N) is 1. The molecule has 0 spiro atoms. The van der Waals surface area contributed by atoms with Crippen LogP contribution in [0.4, 0.5) is 0 Å². The molecule has 0 heterocycles. The van der Waals surface area contributed by atoms with Gasteiger partial charge in [0, 0.05) is 12.5 Å². The van der Waals surface area contributed by atoms with Crippen LogP contribution in [0.1, 0.15) is 25.7 Å². The van der Waals surface area contributed by atoms with Crippen molar-refractivity contribution >= 4 is 5.91 Å². The van der Waals surface area contributed by atoms with Gasteiger partial charge < -0.3 is 53.1 Å². The summed E-state index contributed by atoms with van der Waals surface area (Å²) in [5.41, 5.74) is 0. The molecule has 1 saturated carbocycles. The number of aliphatic hydroxyl groups is 1. The Morgan fingerprint density at radius 2 is 0.833 bits per heavy atom. The molecule has 2 aliphatic carbocycles. The highest BCUT2D eigenvalue weighted by molar-refractivity contribution is 5.82. The molecule has 2 N–H and O–H groups in total. The van der Waals surface area contributed by atoms with Gasteiger partial charge in [0.25, 0.3) is 0 Å². The number of hydrogen-bond acceptors (Lipinski definition) is 11. The lowest BCUT2D eigenvalue weighted by atomic mass is 10.1. The molecule has 0 aromatic carbocycles. The van der Waals surface area contributed by atoms with Gasteiger partial charge in [-0.25, -0.2) is 0 Å². The fraction of sp³-hybridized carbons (Fsp3) is 0.900. The summed E-state index contributed by atoms with van der Waals surface area (Å²) in [7, 11) is 0. The largest absolute Gasteiger partial charge is 0.394 e.